The summed E-state index contributed by atoms with van der Waals surface area (Å²) >= 11 is 0. The molecule has 0 spiro atoms. The van der Waals surface area contributed by atoms with Gasteiger partial charge in [0, 0.05) is 6.54 Å². The van der Waals surface area contributed by atoms with Crippen LogP contribution in [0.4, 0.5) is 0 Å². The van der Waals surface area contributed by atoms with E-state index in [2.05, 4.69) is 49.2 Å². The molecule has 0 fully saturated rings. The molecule has 0 aliphatic heterocycles. The van der Waals surface area contributed by atoms with Crippen molar-refractivity contribution in [2.24, 2.45) is 0 Å². The second kappa shape index (κ2) is 4.07. The Morgan fingerprint density at radius 2 is 1.77 bits per heavy atom. The highest BCUT2D eigenvalue weighted by Gasteiger charge is 2.18. The molecule has 0 atom stereocenters. The van der Waals surface area contributed by atoms with Crippen LogP contribution in [0.3, 0.4) is 0 Å². The summed E-state index contributed by atoms with van der Waals surface area (Å²) in [5, 5.41) is 4.79. The molecule has 0 aromatic heterocycles. The van der Waals surface area contributed by atoms with Gasteiger partial charge in [0.15, 0.2) is 0 Å². The minimum absolute atomic E-state index is 0.987. The Morgan fingerprint density at radius 3 is 2.31 bits per heavy atom. The predicted octanol–water partition coefficient (Wildman–Crippen LogP) is 1.95. The van der Waals surface area contributed by atoms with Crippen molar-refractivity contribution in [3.63, 3.8) is 0 Å². The van der Waals surface area contributed by atoms with E-state index < -0.39 is 8.07 Å². The summed E-state index contributed by atoms with van der Waals surface area (Å²) in [4.78, 5) is 0. The van der Waals surface area contributed by atoms with Gasteiger partial charge in [0.05, 0.1) is 8.07 Å². The third kappa shape index (κ3) is 2.67. The van der Waals surface area contributed by atoms with Crippen molar-refractivity contribution in [3.8, 4) is 0 Å². The topological polar surface area (TPSA) is 12.0 Å². The number of hydrogen-bond donors (Lipinski definition) is 1. The van der Waals surface area contributed by atoms with Crippen LogP contribution in [0, 0.1) is 0 Å². The fraction of sp³-hybridized carbons (Fsp3) is 0.455. The lowest BCUT2D eigenvalue weighted by molar-refractivity contribution is 0.821. The molecule has 0 aliphatic rings. The molecular weight excluding hydrogens is 174 g/mol. The summed E-state index contributed by atoms with van der Waals surface area (Å²) in [6, 6.07) is 8.77. The Bertz CT molecular complexity index is 276. The maximum atomic E-state index is 3.22. The first-order valence-electron chi connectivity index (χ1n) is 4.78. The zero-order valence-corrected chi connectivity index (χ0v) is 10.0. The lowest BCUT2D eigenvalue weighted by atomic mass is 10.2. The molecule has 2 heteroatoms. The monoisotopic (exact) mass is 193 g/mol. The quantitative estimate of drug-likeness (QED) is 0.724. The first kappa shape index (κ1) is 10.5. The molecule has 0 amide bonds. The van der Waals surface area contributed by atoms with E-state index in [4.69, 9.17) is 0 Å². The highest BCUT2D eigenvalue weighted by molar-refractivity contribution is 6.89. The smallest absolute Gasteiger partial charge is 0.0780 e. The maximum Gasteiger partial charge on any atom is 0.0780 e. The van der Waals surface area contributed by atoms with Crippen molar-refractivity contribution >= 4 is 13.3 Å². The number of hydrogen-bond acceptors (Lipinski definition) is 1. The van der Waals surface area contributed by atoms with Crippen LogP contribution in [0.5, 0.6) is 0 Å². The average Bonchev–Trinajstić information content (AvgIpc) is 2.04. The zero-order valence-electron chi connectivity index (χ0n) is 9.02. The molecule has 13 heavy (non-hydrogen) atoms. The molecule has 0 aliphatic carbocycles. The van der Waals surface area contributed by atoms with Gasteiger partial charge < -0.3 is 5.32 Å². The summed E-state index contributed by atoms with van der Waals surface area (Å²) in [6.07, 6.45) is 0. The first-order chi connectivity index (χ1) is 6.05. The lowest BCUT2D eigenvalue weighted by Crippen LogP contribution is -2.40. The molecular formula is C11H19NSi. The van der Waals surface area contributed by atoms with Crippen LogP contribution < -0.4 is 10.5 Å². The Labute approximate surface area is 82.2 Å². The van der Waals surface area contributed by atoms with Crippen molar-refractivity contribution in [1.82, 2.24) is 5.32 Å². The van der Waals surface area contributed by atoms with E-state index in [1.165, 1.54) is 5.56 Å². The number of rotatable bonds is 3. The highest BCUT2D eigenvalue weighted by Crippen LogP contribution is 2.06. The van der Waals surface area contributed by atoms with Crippen LogP contribution in [-0.4, -0.2) is 15.1 Å². The molecule has 1 nitrogen and oxygen atoms in total. The van der Waals surface area contributed by atoms with E-state index in [1.807, 2.05) is 7.05 Å². The SMILES string of the molecule is CNCc1ccccc1[Si](C)(C)C. The molecule has 1 N–H and O–H groups in total. The third-order valence-corrected chi connectivity index (χ3v) is 4.30. The maximum absolute atomic E-state index is 3.22. The number of nitrogens with one attached hydrogen (secondary N) is 1. The summed E-state index contributed by atoms with van der Waals surface area (Å²) in [7, 11) is 0.846. The second-order valence-corrected chi connectivity index (χ2v) is 9.48. The van der Waals surface area contributed by atoms with Gasteiger partial charge in [-0.05, 0) is 12.6 Å². The average molecular weight is 193 g/mol. The summed E-state index contributed by atoms with van der Waals surface area (Å²) in [5.74, 6) is 0. The summed E-state index contributed by atoms with van der Waals surface area (Å²) in [6.45, 7) is 8.16. The van der Waals surface area contributed by atoms with Gasteiger partial charge in [0.25, 0.3) is 0 Å². The molecule has 0 saturated heterocycles. The van der Waals surface area contributed by atoms with Crippen molar-refractivity contribution in [2.75, 3.05) is 7.05 Å². The predicted molar refractivity (Wildman–Crippen MR) is 62.2 cm³/mol. The van der Waals surface area contributed by atoms with Crippen molar-refractivity contribution in [3.05, 3.63) is 29.8 Å². The van der Waals surface area contributed by atoms with Crippen molar-refractivity contribution < 1.29 is 0 Å². The molecule has 0 radical (unpaired) electrons. The van der Waals surface area contributed by atoms with Gasteiger partial charge in [-0.3, -0.25) is 0 Å². The van der Waals surface area contributed by atoms with Gasteiger partial charge in [-0.1, -0.05) is 49.1 Å². The van der Waals surface area contributed by atoms with Crippen molar-refractivity contribution in [1.29, 1.82) is 0 Å². The van der Waals surface area contributed by atoms with Crippen LogP contribution in [-0.2, 0) is 6.54 Å². The van der Waals surface area contributed by atoms with Gasteiger partial charge in [0.1, 0.15) is 0 Å². The summed E-state index contributed by atoms with van der Waals surface area (Å²) < 4.78 is 0. The lowest BCUT2D eigenvalue weighted by Gasteiger charge is -2.20. The van der Waals surface area contributed by atoms with Gasteiger partial charge in [-0.25, -0.2) is 0 Å². The van der Waals surface area contributed by atoms with Gasteiger partial charge >= 0.3 is 0 Å². The second-order valence-electron chi connectivity index (χ2n) is 4.44. The molecule has 1 aromatic rings. The molecule has 0 bridgehead atoms. The van der Waals surface area contributed by atoms with Gasteiger partial charge in [-0.2, -0.15) is 0 Å². The molecule has 72 valence electrons. The Balaban J connectivity index is 3.05. The van der Waals surface area contributed by atoms with E-state index >= 15 is 0 Å². The minimum atomic E-state index is -1.16. The largest absolute Gasteiger partial charge is 0.316 e. The van der Waals surface area contributed by atoms with Crippen LogP contribution >= 0.6 is 0 Å². The zero-order chi connectivity index (χ0) is 9.90. The Hall–Kier alpha value is -0.603. The van der Waals surface area contributed by atoms with Gasteiger partial charge in [0.2, 0.25) is 0 Å². The standard InChI is InChI=1S/C11H19NSi/c1-12-9-10-7-5-6-8-11(10)13(2,3)4/h5-8,12H,9H2,1-4H3. The van der Waals surface area contributed by atoms with E-state index in [9.17, 15) is 0 Å². The normalized spacial score (nSPS) is 11.7. The molecule has 0 saturated carbocycles. The van der Waals surface area contributed by atoms with Crippen LogP contribution in [0.2, 0.25) is 19.6 Å². The fourth-order valence-electron chi connectivity index (χ4n) is 1.60. The third-order valence-electron chi connectivity index (χ3n) is 2.19. The van der Waals surface area contributed by atoms with Crippen LogP contribution in [0.25, 0.3) is 0 Å². The van der Waals surface area contributed by atoms with E-state index in [1.54, 1.807) is 5.19 Å². The van der Waals surface area contributed by atoms with Crippen molar-refractivity contribution in [2.45, 2.75) is 26.2 Å². The van der Waals surface area contributed by atoms with E-state index in [0.717, 1.165) is 6.54 Å². The minimum Gasteiger partial charge on any atom is -0.316 e. The Kier molecular flexibility index (Phi) is 3.28. The first-order valence-corrected chi connectivity index (χ1v) is 8.28. The molecule has 0 unspecified atom stereocenters. The van der Waals surface area contributed by atoms with Crippen LogP contribution in [0.1, 0.15) is 5.56 Å². The summed E-state index contributed by atoms with van der Waals surface area (Å²) in [5.41, 5.74) is 1.46. The van der Waals surface area contributed by atoms with Gasteiger partial charge in [-0.15, -0.1) is 0 Å². The van der Waals surface area contributed by atoms with E-state index in [0.29, 0.717) is 0 Å². The van der Waals surface area contributed by atoms with Crippen LogP contribution in [0.15, 0.2) is 24.3 Å². The Morgan fingerprint density at radius 1 is 1.15 bits per heavy atom. The highest BCUT2D eigenvalue weighted by atomic mass is 28.3. The van der Waals surface area contributed by atoms with E-state index in [-0.39, 0.29) is 0 Å². The number of benzene rings is 1. The fourth-order valence-corrected chi connectivity index (χ4v) is 3.33. The molecule has 1 rings (SSSR count). The molecule has 1 aromatic carbocycles. The molecule has 0 heterocycles.